The maximum absolute atomic E-state index is 13.1. The summed E-state index contributed by atoms with van der Waals surface area (Å²) in [5.41, 5.74) is 2.58. The molecule has 1 aromatic carbocycles. The molecule has 2 aliphatic rings. The number of nitrogens with zero attached hydrogens (tertiary/aromatic N) is 1. The molecule has 2 heterocycles. The maximum Gasteiger partial charge on any atom is 0.410 e. The first-order chi connectivity index (χ1) is 12.2. The van der Waals surface area contributed by atoms with Crippen LogP contribution in [0.15, 0.2) is 18.2 Å². The van der Waals surface area contributed by atoms with Gasteiger partial charge in [0.2, 0.25) is 0 Å². The van der Waals surface area contributed by atoms with Crippen LogP contribution in [0.2, 0.25) is 0 Å². The molecule has 1 aromatic rings. The second-order valence-corrected chi connectivity index (χ2v) is 8.98. The highest BCUT2D eigenvalue weighted by molar-refractivity contribution is 5.99. The quantitative estimate of drug-likeness (QED) is 0.696. The molecule has 4 nitrogen and oxygen atoms in total. The van der Waals surface area contributed by atoms with E-state index in [0.29, 0.717) is 0 Å². The zero-order valence-electron chi connectivity index (χ0n) is 16.7. The monoisotopic (exact) mass is 357 g/mol. The van der Waals surface area contributed by atoms with Gasteiger partial charge in [-0.15, -0.1) is 0 Å². The molecule has 3 rings (SSSR count). The van der Waals surface area contributed by atoms with E-state index >= 15 is 0 Å². The van der Waals surface area contributed by atoms with Gasteiger partial charge in [-0.1, -0.05) is 23.8 Å². The van der Waals surface area contributed by atoms with Crippen LogP contribution in [0, 0.1) is 19.8 Å². The van der Waals surface area contributed by atoms with Crippen LogP contribution in [0.3, 0.4) is 0 Å². The van der Waals surface area contributed by atoms with E-state index in [9.17, 15) is 9.59 Å². The highest BCUT2D eigenvalue weighted by Crippen LogP contribution is 2.39. The molecule has 2 atom stereocenters. The predicted molar refractivity (Wildman–Crippen MR) is 102 cm³/mol. The number of aryl methyl sites for hydroxylation is 2. The summed E-state index contributed by atoms with van der Waals surface area (Å²) in [6.45, 7) is 9.76. The van der Waals surface area contributed by atoms with Gasteiger partial charge in [-0.25, -0.2) is 4.79 Å². The van der Waals surface area contributed by atoms with Crippen molar-refractivity contribution in [1.29, 1.82) is 0 Å². The lowest BCUT2D eigenvalue weighted by atomic mass is 9.75. The molecule has 0 spiro atoms. The maximum atomic E-state index is 13.1. The van der Waals surface area contributed by atoms with Crippen LogP contribution in [0.1, 0.15) is 74.4 Å². The van der Waals surface area contributed by atoms with Crippen molar-refractivity contribution in [2.24, 2.45) is 5.92 Å². The topological polar surface area (TPSA) is 46.6 Å². The molecule has 4 heteroatoms. The molecule has 0 radical (unpaired) electrons. The molecule has 1 amide bonds. The summed E-state index contributed by atoms with van der Waals surface area (Å²) in [7, 11) is 0. The summed E-state index contributed by atoms with van der Waals surface area (Å²) in [6, 6.07) is 6.29. The molecule has 26 heavy (non-hydrogen) atoms. The SMILES string of the molecule is Cc1ccc(C(=O)C2CC3CCCC(C2)N3C(=O)OC(C)(C)C)c(C)c1. The number of piperidine rings is 2. The van der Waals surface area contributed by atoms with Crippen molar-refractivity contribution in [3.05, 3.63) is 34.9 Å². The Bertz CT molecular complexity index is 690. The van der Waals surface area contributed by atoms with Gasteiger partial charge in [0, 0.05) is 23.6 Å². The lowest BCUT2D eigenvalue weighted by molar-refractivity contribution is -0.0260. The van der Waals surface area contributed by atoms with Crippen LogP contribution in [-0.4, -0.2) is 34.5 Å². The molecule has 2 aliphatic heterocycles. The fourth-order valence-electron chi connectivity index (χ4n) is 4.52. The minimum atomic E-state index is -0.489. The van der Waals surface area contributed by atoms with Gasteiger partial charge < -0.3 is 9.64 Å². The third kappa shape index (κ3) is 3.94. The molecule has 0 aromatic heterocycles. The lowest BCUT2D eigenvalue weighted by Gasteiger charge is -2.48. The van der Waals surface area contributed by atoms with E-state index in [4.69, 9.17) is 4.74 Å². The smallest absolute Gasteiger partial charge is 0.410 e. The van der Waals surface area contributed by atoms with Crippen molar-refractivity contribution < 1.29 is 14.3 Å². The van der Waals surface area contributed by atoms with Gasteiger partial charge in [-0.2, -0.15) is 0 Å². The summed E-state index contributed by atoms with van der Waals surface area (Å²) in [5.74, 6) is 0.244. The van der Waals surface area contributed by atoms with E-state index in [-0.39, 0.29) is 29.9 Å². The molecular weight excluding hydrogens is 326 g/mol. The molecule has 2 bridgehead atoms. The lowest BCUT2D eigenvalue weighted by Crippen LogP contribution is -2.56. The molecule has 2 saturated heterocycles. The highest BCUT2D eigenvalue weighted by Gasteiger charge is 2.44. The second-order valence-electron chi connectivity index (χ2n) is 8.98. The third-order valence-electron chi connectivity index (χ3n) is 5.60. The average molecular weight is 357 g/mol. The van der Waals surface area contributed by atoms with Gasteiger partial charge in [-0.05, 0) is 72.3 Å². The van der Waals surface area contributed by atoms with Gasteiger partial charge in [0.05, 0.1) is 0 Å². The Morgan fingerprint density at radius 3 is 2.23 bits per heavy atom. The third-order valence-corrected chi connectivity index (χ3v) is 5.60. The summed E-state index contributed by atoms with van der Waals surface area (Å²) < 4.78 is 5.63. The summed E-state index contributed by atoms with van der Waals surface area (Å²) >= 11 is 0. The zero-order chi connectivity index (χ0) is 19.1. The zero-order valence-corrected chi connectivity index (χ0v) is 16.7. The number of hydrogen-bond acceptors (Lipinski definition) is 3. The van der Waals surface area contributed by atoms with Crippen molar-refractivity contribution >= 4 is 11.9 Å². The Morgan fingerprint density at radius 2 is 1.69 bits per heavy atom. The van der Waals surface area contributed by atoms with Crippen molar-refractivity contribution in [1.82, 2.24) is 4.90 Å². The number of carbonyl (C=O) groups is 2. The molecule has 0 aliphatic carbocycles. The number of hydrogen-bond donors (Lipinski definition) is 0. The summed E-state index contributed by atoms with van der Waals surface area (Å²) in [4.78, 5) is 27.7. The minimum Gasteiger partial charge on any atom is -0.444 e. The van der Waals surface area contributed by atoms with E-state index in [1.54, 1.807) is 0 Å². The molecule has 2 fully saturated rings. The van der Waals surface area contributed by atoms with Crippen LogP contribution >= 0.6 is 0 Å². The molecule has 0 N–H and O–H groups in total. The van der Waals surface area contributed by atoms with Crippen LogP contribution in [0.4, 0.5) is 4.79 Å². The van der Waals surface area contributed by atoms with Gasteiger partial charge >= 0.3 is 6.09 Å². The van der Waals surface area contributed by atoms with Crippen molar-refractivity contribution in [2.45, 2.75) is 84.4 Å². The Hall–Kier alpha value is -1.84. The number of carbonyl (C=O) groups excluding carboxylic acids is 2. The average Bonchev–Trinajstić information content (AvgIpc) is 2.51. The van der Waals surface area contributed by atoms with Crippen molar-refractivity contribution in [2.75, 3.05) is 0 Å². The molecule has 2 unspecified atom stereocenters. The standard InChI is InChI=1S/C22H31NO3/c1-14-9-10-19(15(2)11-14)20(24)16-12-17-7-6-8-18(13-16)23(17)21(25)26-22(3,4)5/h9-11,16-18H,6-8,12-13H2,1-5H3. The van der Waals surface area contributed by atoms with Gasteiger partial charge in [-0.3, -0.25) is 4.79 Å². The van der Waals surface area contributed by atoms with E-state index in [0.717, 1.165) is 43.2 Å². The van der Waals surface area contributed by atoms with Gasteiger partial charge in [0.1, 0.15) is 5.60 Å². The molecular formula is C22H31NO3. The number of Topliss-reactive ketones (excluding diaryl/α,β-unsaturated/α-hetero) is 1. The fraction of sp³-hybridized carbons (Fsp3) is 0.636. The summed E-state index contributed by atoms with van der Waals surface area (Å²) in [5, 5.41) is 0. The Labute approximate surface area is 156 Å². The number of ether oxygens (including phenoxy) is 1. The Kier molecular flexibility index (Phi) is 5.14. The van der Waals surface area contributed by atoms with Gasteiger partial charge in [0.15, 0.2) is 5.78 Å². The van der Waals surface area contributed by atoms with E-state index in [2.05, 4.69) is 6.07 Å². The number of benzene rings is 1. The van der Waals surface area contributed by atoms with Crippen LogP contribution < -0.4 is 0 Å². The van der Waals surface area contributed by atoms with Crippen molar-refractivity contribution in [3.63, 3.8) is 0 Å². The van der Waals surface area contributed by atoms with Gasteiger partial charge in [0.25, 0.3) is 0 Å². The number of ketones is 1. The highest BCUT2D eigenvalue weighted by atomic mass is 16.6. The van der Waals surface area contributed by atoms with Crippen LogP contribution in [-0.2, 0) is 4.74 Å². The number of amides is 1. The summed E-state index contributed by atoms with van der Waals surface area (Å²) in [6.07, 6.45) is 4.34. The largest absolute Gasteiger partial charge is 0.444 e. The fourth-order valence-corrected chi connectivity index (χ4v) is 4.52. The Balaban J connectivity index is 1.77. The first-order valence-electron chi connectivity index (χ1n) is 9.78. The van der Waals surface area contributed by atoms with Crippen LogP contribution in [0.25, 0.3) is 0 Å². The first kappa shape index (κ1) is 18.9. The molecule has 142 valence electrons. The second kappa shape index (κ2) is 7.05. The van der Waals surface area contributed by atoms with Crippen molar-refractivity contribution in [3.8, 4) is 0 Å². The predicted octanol–water partition coefficient (Wildman–Crippen LogP) is 5.05. The number of rotatable bonds is 2. The minimum absolute atomic E-state index is 0.00499. The Morgan fingerprint density at radius 1 is 1.08 bits per heavy atom. The van der Waals surface area contributed by atoms with E-state index in [1.165, 1.54) is 5.56 Å². The normalized spacial score (nSPS) is 25.7. The van der Waals surface area contributed by atoms with Crippen LogP contribution in [0.5, 0.6) is 0 Å². The first-order valence-corrected chi connectivity index (χ1v) is 9.78. The van der Waals surface area contributed by atoms with E-state index in [1.807, 2.05) is 51.7 Å². The number of fused-ring (bicyclic) bond motifs is 2. The van der Waals surface area contributed by atoms with E-state index < -0.39 is 5.60 Å². The molecule has 0 saturated carbocycles.